The molecule has 9 heteroatoms. The lowest BCUT2D eigenvalue weighted by Gasteiger charge is -2.35. The Morgan fingerprint density at radius 3 is 2.40 bits per heavy atom. The average molecular weight is 625 g/mol. The molecule has 0 saturated heterocycles. The number of aromatic amines is 1. The van der Waals surface area contributed by atoms with Crippen LogP contribution in [0.3, 0.4) is 0 Å². The third-order valence-electron chi connectivity index (χ3n) is 7.76. The van der Waals surface area contributed by atoms with Crippen molar-refractivity contribution in [2.24, 2.45) is 0 Å². The van der Waals surface area contributed by atoms with Gasteiger partial charge in [-0.3, -0.25) is 4.90 Å². The van der Waals surface area contributed by atoms with Gasteiger partial charge in [0.25, 0.3) is 0 Å². The largest absolute Gasteiger partial charge is 0.494 e. The van der Waals surface area contributed by atoms with Crippen molar-refractivity contribution in [1.29, 1.82) is 0 Å². The van der Waals surface area contributed by atoms with Gasteiger partial charge in [0.15, 0.2) is 0 Å². The van der Waals surface area contributed by atoms with Gasteiger partial charge in [-0.15, -0.1) is 0 Å². The topological polar surface area (TPSA) is 75.8 Å². The van der Waals surface area contributed by atoms with Gasteiger partial charge < -0.3 is 24.5 Å². The number of ether oxygens (including phenoxy) is 3. The molecule has 4 aromatic rings. The number of hydrogen-bond acceptors (Lipinski definition) is 5. The fraction of sp³-hybridized carbons (Fsp3) is 0.382. The maximum Gasteiger partial charge on any atom is 0.416 e. The van der Waals surface area contributed by atoms with Crippen molar-refractivity contribution >= 4 is 40.2 Å². The minimum absolute atomic E-state index is 0.355. The third kappa shape index (κ3) is 8.24. The molecule has 228 valence electrons. The molecule has 1 unspecified atom stereocenters. The van der Waals surface area contributed by atoms with Gasteiger partial charge >= 0.3 is 6.09 Å². The van der Waals surface area contributed by atoms with Gasteiger partial charge in [0.1, 0.15) is 17.5 Å². The van der Waals surface area contributed by atoms with E-state index in [0.29, 0.717) is 35.4 Å². The first kappa shape index (κ1) is 31.2. The summed E-state index contributed by atoms with van der Waals surface area (Å²) in [5.41, 5.74) is 4.10. The zero-order chi connectivity index (χ0) is 30.0. The molecule has 2 heterocycles. The highest BCUT2D eigenvalue weighted by molar-refractivity contribution is 6.31. The van der Waals surface area contributed by atoms with E-state index in [1.54, 1.807) is 36.3 Å². The Balaban J connectivity index is 1.23. The molecule has 1 aromatic heterocycles. The number of aromatic nitrogens is 1. The molecular formula is C34H39Cl2N3O4. The number of carbonyl (C=O) groups excluding carboxylic acids is 1. The van der Waals surface area contributed by atoms with Gasteiger partial charge in [0.2, 0.25) is 0 Å². The summed E-state index contributed by atoms with van der Waals surface area (Å²) in [6.45, 7) is 4.04. The summed E-state index contributed by atoms with van der Waals surface area (Å²) in [4.78, 5) is 18.9. The van der Waals surface area contributed by atoms with Crippen LogP contribution in [-0.4, -0.2) is 55.9 Å². The van der Waals surface area contributed by atoms with Crippen LogP contribution in [-0.2, 0) is 11.2 Å². The van der Waals surface area contributed by atoms with Gasteiger partial charge in [-0.05, 0) is 104 Å². The van der Waals surface area contributed by atoms with Crippen molar-refractivity contribution in [3.05, 3.63) is 93.6 Å². The number of fused-ring (bicyclic) bond motifs is 3. The molecular weight excluding hydrogens is 585 g/mol. The third-order valence-corrected chi connectivity index (χ3v) is 8.24. The number of nitrogens with zero attached hydrogens (tertiary/aromatic N) is 1. The fourth-order valence-electron chi connectivity index (χ4n) is 5.57. The molecule has 2 N–H and O–H groups in total. The summed E-state index contributed by atoms with van der Waals surface area (Å²) in [6.07, 6.45) is 5.82. The Hall–Kier alpha value is -3.23. The second-order valence-electron chi connectivity index (χ2n) is 10.8. The predicted octanol–water partition coefficient (Wildman–Crippen LogP) is 8.19. The standard InChI is InChI=1S/C34H39Cl2N3O4/c1-41-21-6-19-37-18-4-2-3-5-22-42-27-12-7-24(8-13-27)33-32-29(30-23-26(36)11-16-31(30)38-32)17-20-39(33)34(40)43-28-14-9-25(35)10-15-28/h7-16,23,33,37-38H,2-6,17-22H2,1H3. The summed E-state index contributed by atoms with van der Waals surface area (Å²) < 4.78 is 16.9. The highest BCUT2D eigenvalue weighted by Gasteiger charge is 2.35. The maximum absolute atomic E-state index is 13.5. The lowest BCUT2D eigenvalue weighted by molar-refractivity contribution is 0.135. The number of halogens is 2. The van der Waals surface area contributed by atoms with Gasteiger partial charge in [-0.25, -0.2) is 4.79 Å². The number of nitrogens with one attached hydrogen (secondary N) is 2. The summed E-state index contributed by atoms with van der Waals surface area (Å²) in [5.74, 6) is 1.27. The molecule has 1 atom stereocenters. The minimum Gasteiger partial charge on any atom is -0.494 e. The Morgan fingerprint density at radius 2 is 1.60 bits per heavy atom. The number of unbranched alkanes of at least 4 members (excludes halogenated alkanes) is 3. The Bertz CT molecular complexity index is 1470. The summed E-state index contributed by atoms with van der Waals surface area (Å²) >= 11 is 12.4. The van der Waals surface area contributed by atoms with Crippen molar-refractivity contribution < 1.29 is 19.0 Å². The number of rotatable bonds is 14. The smallest absolute Gasteiger partial charge is 0.416 e. The van der Waals surface area contributed by atoms with E-state index in [2.05, 4.69) is 10.3 Å². The molecule has 1 aliphatic rings. The monoisotopic (exact) mass is 623 g/mol. The predicted molar refractivity (Wildman–Crippen MR) is 173 cm³/mol. The SMILES string of the molecule is COCCCNCCCCCCOc1ccc(C2c3[nH]c4ccc(Cl)cc4c3CCN2C(=O)Oc2ccc(Cl)cc2)cc1. The van der Waals surface area contributed by atoms with E-state index in [-0.39, 0.29) is 6.04 Å². The van der Waals surface area contributed by atoms with Crippen molar-refractivity contribution in [3.8, 4) is 11.5 Å². The van der Waals surface area contributed by atoms with Crippen molar-refractivity contribution in [3.63, 3.8) is 0 Å². The number of amides is 1. The fourth-order valence-corrected chi connectivity index (χ4v) is 5.87. The highest BCUT2D eigenvalue weighted by Crippen LogP contribution is 2.40. The molecule has 1 aliphatic heterocycles. The number of H-pyrrole nitrogens is 1. The molecule has 3 aromatic carbocycles. The van der Waals surface area contributed by atoms with Crippen LogP contribution in [0.2, 0.25) is 10.0 Å². The van der Waals surface area contributed by atoms with Crippen LogP contribution in [0.1, 0.15) is 55.0 Å². The number of carbonyl (C=O) groups is 1. The van der Waals surface area contributed by atoms with E-state index in [1.807, 2.05) is 42.5 Å². The van der Waals surface area contributed by atoms with Crippen molar-refractivity contribution in [1.82, 2.24) is 15.2 Å². The van der Waals surface area contributed by atoms with Crippen LogP contribution >= 0.6 is 23.2 Å². The van der Waals surface area contributed by atoms with Crippen LogP contribution < -0.4 is 14.8 Å². The second kappa shape index (κ2) is 15.5. The zero-order valence-corrected chi connectivity index (χ0v) is 26.1. The van der Waals surface area contributed by atoms with E-state index < -0.39 is 6.09 Å². The van der Waals surface area contributed by atoms with Gasteiger partial charge in [-0.1, -0.05) is 48.2 Å². The number of methoxy groups -OCH3 is 1. The Morgan fingerprint density at radius 1 is 0.884 bits per heavy atom. The molecule has 43 heavy (non-hydrogen) atoms. The number of benzene rings is 3. The van der Waals surface area contributed by atoms with Crippen molar-refractivity contribution in [2.75, 3.05) is 40.0 Å². The molecule has 0 aliphatic carbocycles. The second-order valence-corrected chi connectivity index (χ2v) is 11.7. The number of hydrogen-bond donors (Lipinski definition) is 2. The first-order valence-corrected chi connectivity index (χ1v) is 15.8. The minimum atomic E-state index is -0.417. The normalized spacial score (nSPS) is 14.6. The molecule has 0 radical (unpaired) electrons. The van der Waals surface area contributed by atoms with Gasteiger partial charge in [0, 0.05) is 46.9 Å². The van der Waals surface area contributed by atoms with Crippen LogP contribution in [0.5, 0.6) is 11.5 Å². The lowest BCUT2D eigenvalue weighted by Crippen LogP contribution is -2.42. The van der Waals surface area contributed by atoms with E-state index in [1.165, 1.54) is 18.4 Å². The molecule has 0 bridgehead atoms. The summed E-state index contributed by atoms with van der Waals surface area (Å²) in [5, 5.41) is 5.81. The van der Waals surface area contributed by atoms with E-state index >= 15 is 0 Å². The zero-order valence-electron chi connectivity index (χ0n) is 24.5. The van der Waals surface area contributed by atoms with Gasteiger partial charge in [0.05, 0.1) is 6.61 Å². The molecule has 1 amide bonds. The first-order chi connectivity index (χ1) is 21.0. The Kier molecular flexibility index (Phi) is 11.2. The first-order valence-electron chi connectivity index (χ1n) is 15.0. The van der Waals surface area contributed by atoms with E-state index in [0.717, 1.165) is 66.9 Å². The maximum atomic E-state index is 13.5. The molecule has 0 spiro atoms. The van der Waals surface area contributed by atoms with Crippen molar-refractivity contribution in [2.45, 2.75) is 44.6 Å². The van der Waals surface area contributed by atoms with E-state index in [9.17, 15) is 4.79 Å². The molecule has 5 rings (SSSR count). The van der Waals surface area contributed by atoms with Crippen LogP contribution in [0, 0.1) is 0 Å². The molecule has 0 fully saturated rings. The summed E-state index contributed by atoms with van der Waals surface area (Å²) in [7, 11) is 1.74. The summed E-state index contributed by atoms with van der Waals surface area (Å²) in [6, 6.07) is 20.3. The quantitative estimate of drug-likeness (QED) is 0.138. The van der Waals surface area contributed by atoms with Crippen LogP contribution in [0.25, 0.3) is 10.9 Å². The van der Waals surface area contributed by atoms with Crippen LogP contribution in [0.15, 0.2) is 66.7 Å². The molecule has 0 saturated carbocycles. The van der Waals surface area contributed by atoms with E-state index in [4.69, 9.17) is 37.4 Å². The Labute approximate surface area is 263 Å². The van der Waals surface area contributed by atoms with Gasteiger partial charge in [-0.2, -0.15) is 0 Å². The average Bonchev–Trinajstić information content (AvgIpc) is 3.38. The lowest BCUT2D eigenvalue weighted by atomic mass is 9.92. The molecule has 7 nitrogen and oxygen atoms in total. The highest BCUT2D eigenvalue weighted by atomic mass is 35.5. The van der Waals surface area contributed by atoms with Crippen LogP contribution in [0.4, 0.5) is 4.79 Å².